The minimum atomic E-state index is -0.480. The van der Waals surface area contributed by atoms with Gasteiger partial charge in [-0.2, -0.15) is 0 Å². The van der Waals surface area contributed by atoms with E-state index in [-0.39, 0.29) is 17.7 Å². The zero-order chi connectivity index (χ0) is 12.5. The molecule has 0 amide bonds. The first kappa shape index (κ1) is 12.1. The van der Waals surface area contributed by atoms with E-state index >= 15 is 0 Å². The van der Waals surface area contributed by atoms with Gasteiger partial charge in [0.05, 0.1) is 22.2 Å². The normalized spacial score (nSPS) is 16.6. The molecule has 0 aromatic heterocycles. The SMILES string of the molecule is O=[N+]([O-])c1ccc(NCC2(CO)CC2)c(Cl)c1. The van der Waals surface area contributed by atoms with E-state index in [9.17, 15) is 10.1 Å². The number of nitrogens with zero attached hydrogens (tertiary/aromatic N) is 1. The van der Waals surface area contributed by atoms with Crippen LogP contribution in [0.3, 0.4) is 0 Å². The highest BCUT2D eigenvalue weighted by molar-refractivity contribution is 6.33. The topological polar surface area (TPSA) is 75.4 Å². The van der Waals surface area contributed by atoms with Crippen molar-refractivity contribution in [2.75, 3.05) is 18.5 Å². The number of non-ortho nitro benzene ring substituents is 1. The number of nitro groups is 1. The molecule has 5 nitrogen and oxygen atoms in total. The van der Waals surface area contributed by atoms with Gasteiger partial charge in [0, 0.05) is 24.1 Å². The lowest BCUT2D eigenvalue weighted by Gasteiger charge is -2.14. The van der Waals surface area contributed by atoms with Crippen LogP contribution in [0.5, 0.6) is 0 Å². The Balaban J connectivity index is 2.04. The molecular formula is C11H13ClN2O3. The second kappa shape index (κ2) is 4.50. The Labute approximate surface area is 104 Å². The maximum absolute atomic E-state index is 10.5. The standard InChI is InChI=1S/C11H13ClN2O3/c12-9-5-8(14(16)17)1-2-10(9)13-6-11(7-15)3-4-11/h1-2,5,13,15H,3-4,6-7H2. The van der Waals surface area contributed by atoms with Gasteiger partial charge in [-0.3, -0.25) is 10.1 Å². The van der Waals surface area contributed by atoms with Crippen LogP contribution in [0.4, 0.5) is 11.4 Å². The highest BCUT2D eigenvalue weighted by atomic mass is 35.5. The molecule has 17 heavy (non-hydrogen) atoms. The Morgan fingerprint density at radius 1 is 1.53 bits per heavy atom. The predicted octanol–water partition coefficient (Wildman–Crippen LogP) is 2.43. The summed E-state index contributed by atoms with van der Waals surface area (Å²) in [6.45, 7) is 0.797. The molecule has 92 valence electrons. The molecule has 0 bridgehead atoms. The minimum absolute atomic E-state index is 0.0227. The Bertz CT molecular complexity index is 446. The zero-order valence-electron chi connectivity index (χ0n) is 9.15. The lowest BCUT2D eigenvalue weighted by Crippen LogP contribution is -2.19. The van der Waals surface area contributed by atoms with E-state index in [2.05, 4.69) is 5.32 Å². The first-order chi connectivity index (χ1) is 8.06. The fraction of sp³-hybridized carbons (Fsp3) is 0.455. The van der Waals surface area contributed by atoms with Crippen molar-refractivity contribution in [2.45, 2.75) is 12.8 Å². The third-order valence-electron chi connectivity index (χ3n) is 3.11. The maximum atomic E-state index is 10.5. The molecule has 0 atom stereocenters. The molecule has 1 fully saturated rings. The first-order valence-electron chi connectivity index (χ1n) is 5.35. The van der Waals surface area contributed by atoms with Crippen LogP contribution in [-0.4, -0.2) is 23.2 Å². The van der Waals surface area contributed by atoms with Gasteiger partial charge in [0.25, 0.3) is 5.69 Å². The Morgan fingerprint density at radius 3 is 2.71 bits per heavy atom. The number of rotatable bonds is 5. The summed E-state index contributed by atoms with van der Waals surface area (Å²) in [5.41, 5.74) is 0.617. The molecule has 1 aliphatic carbocycles. The summed E-state index contributed by atoms with van der Waals surface area (Å²) < 4.78 is 0. The monoisotopic (exact) mass is 256 g/mol. The van der Waals surface area contributed by atoms with Crippen LogP contribution in [0.25, 0.3) is 0 Å². The second-order valence-corrected chi connectivity index (χ2v) is 4.84. The van der Waals surface area contributed by atoms with Gasteiger partial charge < -0.3 is 10.4 Å². The van der Waals surface area contributed by atoms with Crippen molar-refractivity contribution in [3.8, 4) is 0 Å². The van der Waals surface area contributed by atoms with Crippen molar-refractivity contribution in [1.82, 2.24) is 0 Å². The van der Waals surface area contributed by atoms with Crippen molar-refractivity contribution >= 4 is 23.0 Å². The van der Waals surface area contributed by atoms with E-state index in [1.54, 1.807) is 6.07 Å². The van der Waals surface area contributed by atoms with E-state index < -0.39 is 4.92 Å². The molecule has 0 radical (unpaired) electrons. The van der Waals surface area contributed by atoms with Gasteiger partial charge in [0.15, 0.2) is 0 Å². The van der Waals surface area contributed by atoms with Crippen molar-refractivity contribution < 1.29 is 10.0 Å². The molecule has 0 heterocycles. The largest absolute Gasteiger partial charge is 0.396 e. The smallest absolute Gasteiger partial charge is 0.271 e. The average molecular weight is 257 g/mol. The van der Waals surface area contributed by atoms with Crippen molar-refractivity contribution in [3.05, 3.63) is 33.3 Å². The number of aliphatic hydroxyl groups excluding tert-OH is 1. The number of hydrogen-bond donors (Lipinski definition) is 2. The molecular weight excluding hydrogens is 244 g/mol. The van der Waals surface area contributed by atoms with Gasteiger partial charge in [-0.1, -0.05) is 11.6 Å². The number of anilines is 1. The Morgan fingerprint density at radius 2 is 2.24 bits per heavy atom. The van der Waals surface area contributed by atoms with E-state index in [0.29, 0.717) is 17.3 Å². The van der Waals surface area contributed by atoms with Crippen LogP contribution < -0.4 is 5.32 Å². The highest BCUT2D eigenvalue weighted by Gasteiger charge is 2.41. The molecule has 0 spiro atoms. The Kier molecular flexibility index (Phi) is 3.22. The third kappa shape index (κ3) is 2.68. The zero-order valence-corrected chi connectivity index (χ0v) is 9.91. The van der Waals surface area contributed by atoms with Crippen LogP contribution in [-0.2, 0) is 0 Å². The molecule has 1 aliphatic rings. The molecule has 0 aliphatic heterocycles. The molecule has 1 saturated carbocycles. The minimum Gasteiger partial charge on any atom is -0.396 e. The van der Waals surface area contributed by atoms with Crippen LogP contribution in [0.2, 0.25) is 5.02 Å². The molecule has 0 saturated heterocycles. The van der Waals surface area contributed by atoms with Crippen molar-refractivity contribution in [2.24, 2.45) is 5.41 Å². The van der Waals surface area contributed by atoms with Crippen LogP contribution >= 0.6 is 11.6 Å². The lowest BCUT2D eigenvalue weighted by molar-refractivity contribution is -0.384. The molecule has 2 rings (SSSR count). The lowest BCUT2D eigenvalue weighted by atomic mass is 10.1. The summed E-state index contributed by atoms with van der Waals surface area (Å²) in [5, 5.41) is 23.1. The van der Waals surface area contributed by atoms with E-state index in [1.807, 2.05) is 0 Å². The number of nitro benzene ring substituents is 1. The molecule has 1 aromatic rings. The first-order valence-corrected chi connectivity index (χ1v) is 5.73. The number of hydrogen-bond acceptors (Lipinski definition) is 4. The Hall–Kier alpha value is -1.33. The summed E-state index contributed by atoms with van der Waals surface area (Å²) in [4.78, 5) is 10.1. The van der Waals surface area contributed by atoms with Crippen molar-refractivity contribution in [1.29, 1.82) is 0 Å². The summed E-state index contributed by atoms with van der Waals surface area (Å²) in [6.07, 6.45) is 2.00. The van der Waals surface area contributed by atoms with Crippen LogP contribution in [0, 0.1) is 15.5 Å². The molecule has 1 aromatic carbocycles. The van der Waals surface area contributed by atoms with Gasteiger partial charge in [-0.25, -0.2) is 0 Å². The van der Waals surface area contributed by atoms with Crippen LogP contribution in [0.1, 0.15) is 12.8 Å². The highest BCUT2D eigenvalue weighted by Crippen LogP contribution is 2.45. The fourth-order valence-electron chi connectivity index (χ4n) is 1.61. The molecule has 2 N–H and O–H groups in total. The van der Waals surface area contributed by atoms with Crippen molar-refractivity contribution in [3.63, 3.8) is 0 Å². The predicted molar refractivity (Wildman–Crippen MR) is 65.3 cm³/mol. The molecule has 6 heteroatoms. The van der Waals surface area contributed by atoms with E-state index in [4.69, 9.17) is 16.7 Å². The number of benzene rings is 1. The fourth-order valence-corrected chi connectivity index (χ4v) is 1.85. The summed E-state index contributed by atoms with van der Waals surface area (Å²) >= 11 is 5.94. The van der Waals surface area contributed by atoms with Gasteiger partial charge in [0.2, 0.25) is 0 Å². The maximum Gasteiger partial charge on any atom is 0.271 e. The van der Waals surface area contributed by atoms with E-state index in [1.165, 1.54) is 12.1 Å². The summed E-state index contributed by atoms with van der Waals surface area (Å²) in [6, 6.07) is 4.32. The summed E-state index contributed by atoms with van der Waals surface area (Å²) in [5.74, 6) is 0. The van der Waals surface area contributed by atoms with Gasteiger partial charge >= 0.3 is 0 Å². The van der Waals surface area contributed by atoms with E-state index in [0.717, 1.165) is 12.8 Å². The second-order valence-electron chi connectivity index (χ2n) is 4.43. The average Bonchev–Trinajstić information content (AvgIpc) is 3.08. The number of halogens is 1. The summed E-state index contributed by atoms with van der Waals surface area (Å²) in [7, 11) is 0. The molecule has 0 unspecified atom stereocenters. The quantitative estimate of drug-likeness (QED) is 0.627. The van der Waals surface area contributed by atoms with Gasteiger partial charge in [-0.05, 0) is 18.9 Å². The van der Waals surface area contributed by atoms with Gasteiger partial charge in [-0.15, -0.1) is 0 Å². The number of aliphatic hydroxyl groups is 1. The third-order valence-corrected chi connectivity index (χ3v) is 3.42. The number of nitrogens with one attached hydrogen (secondary N) is 1. The van der Waals surface area contributed by atoms with Crippen LogP contribution in [0.15, 0.2) is 18.2 Å². The van der Waals surface area contributed by atoms with Gasteiger partial charge in [0.1, 0.15) is 0 Å².